The van der Waals surface area contributed by atoms with Gasteiger partial charge in [-0.25, -0.2) is 0 Å². The number of halogens is 1. The summed E-state index contributed by atoms with van der Waals surface area (Å²) in [5.74, 6) is 0.878. The molecular formula is C11H10ClN3. The van der Waals surface area contributed by atoms with Gasteiger partial charge in [0, 0.05) is 11.6 Å². The fraction of sp³-hybridized carbons (Fsp3) is 0.273. The fourth-order valence-electron chi connectivity index (χ4n) is 1.71. The van der Waals surface area contributed by atoms with E-state index in [2.05, 4.69) is 10.2 Å². The van der Waals surface area contributed by atoms with Crippen molar-refractivity contribution < 1.29 is 0 Å². The van der Waals surface area contributed by atoms with Crippen molar-refractivity contribution in [1.29, 1.82) is 0 Å². The van der Waals surface area contributed by atoms with Crippen LogP contribution in [0.25, 0.3) is 11.4 Å². The molecule has 76 valence electrons. The average molecular weight is 220 g/mol. The average Bonchev–Trinajstić information content (AvgIpc) is 3.03. The molecule has 0 saturated heterocycles. The van der Waals surface area contributed by atoms with Crippen LogP contribution in [0.5, 0.6) is 0 Å². The van der Waals surface area contributed by atoms with Crippen molar-refractivity contribution in [2.24, 2.45) is 0 Å². The first-order chi connectivity index (χ1) is 7.36. The van der Waals surface area contributed by atoms with E-state index < -0.39 is 0 Å². The maximum atomic E-state index is 6.02. The molecule has 2 aromatic rings. The van der Waals surface area contributed by atoms with Gasteiger partial charge >= 0.3 is 0 Å². The van der Waals surface area contributed by atoms with Gasteiger partial charge in [0.1, 0.15) is 0 Å². The largest absolute Gasteiger partial charge is 0.295 e. The fourth-order valence-corrected chi connectivity index (χ4v) is 1.97. The topological polar surface area (TPSA) is 30.7 Å². The summed E-state index contributed by atoms with van der Waals surface area (Å²) < 4.78 is 2.02. The van der Waals surface area contributed by atoms with Gasteiger partial charge in [-0.2, -0.15) is 0 Å². The van der Waals surface area contributed by atoms with Crippen molar-refractivity contribution in [2.75, 3.05) is 0 Å². The number of rotatable bonds is 2. The molecule has 0 atom stereocenters. The first-order valence-electron chi connectivity index (χ1n) is 5.02. The summed E-state index contributed by atoms with van der Waals surface area (Å²) in [5, 5.41) is 8.56. The first-order valence-corrected chi connectivity index (χ1v) is 5.40. The Morgan fingerprint density at radius 2 is 1.87 bits per heavy atom. The van der Waals surface area contributed by atoms with Gasteiger partial charge in [-0.1, -0.05) is 30.3 Å². The first kappa shape index (κ1) is 8.92. The second-order valence-corrected chi connectivity index (χ2v) is 4.10. The lowest BCUT2D eigenvalue weighted by molar-refractivity contribution is 0.747. The van der Waals surface area contributed by atoms with Gasteiger partial charge in [0.25, 0.3) is 0 Å². The lowest BCUT2D eigenvalue weighted by Crippen LogP contribution is -1.97. The predicted octanol–water partition coefficient (Wildman–Crippen LogP) is 2.93. The number of hydrogen-bond acceptors (Lipinski definition) is 2. The van der Waals surface area contributed by atoms with E-state index in [1.807, 2.05) is 34.9 Å². The van der Waals surface area contributed by atoms with Crippen LogP contribution in [0.1, 0.15) is 18.9 Å². The molecule has 0 N–H and O–H groups in total. The zero-order valence-corrected chi connectivity index (χ0v) is 8.85. The van der Waals surface area contributed by atoms with Crippen molar-refractivity contribution in [3.8, 4) is 11.4 Å². The highest BCUT2D eigenvalue weighted by Gasteiger charge is 2.29. The van der Waals surface area contributed by atoms with Gasteiger partial charge in [0.05, 0.1) is 0 Å². The molecule has 3 rings (SSSR count). The summed E-state index contributed by atoms with van der Waals surface area (Å²) in [6.07, 6.45) is 2.36. The highest BCUT2D eigenvalue weighted by Crippen LogP contribution is 2.39. The van der Waals surface area contributed by atoms with Crippen LogP contribution in [0.15, 0.2) is 30.3 Å². The molecule has 0 aliphatic heterocycles. The van der Waals surface area contributed by atoms with E-state index in [4.69, 9.17) is 11.6 Å². The molecule has 1 saturated carbocycles. The Kier molecular flexibility index (Phi) is 1.99. The van der Waals surface area contributed by atoms with Crippen molar-refractivity contribution in [2.45, 2.75) is 18.9 Å². The van der Waals surface area contributed by atoms with E-state index >= 15 is 0 Å². The molecule has 4 heteroatoms. The maximum Gasteiger partial charge on any atom is 0.225 e. The van der Waals surface area contributed by atoms with Gasteiger partial charge in [-0.15, -0.1) is 10.2 Å². The van der Waals surface area contributed by atoms with Crippen molar-refractivity contribution in [1.82, 2.24) is 14.8 Å². The molecule has 1 aliphatic rings. The van der Waals surface area contributed by atoms with Crippen molar-refractivity contribution in [3.63, 3.8) is 0 Å². The van der Waals surface area contributed by atoms with Gasteiger partial charge in [-0.05, 0) is 24.4 Å². The van der Waals surface area contributed by atoms with E-state index in [9.17, 15) is 0 Å². The highest BCUT2D eigenvalue weighted by molar-refractivity contribution is 6.28. The zero-order chi connectivity index (χ0) is 10.3. The second kappa shape index (κ2) is 3.35. The van der Waals surface area contributed by atoms with E-state index in [1.54, 1.807) is 0 Å². The SMILES string of the molecule is Clc1nnc(-c2ccccc2)n1C1CC1. The summed E-state index contributed by atoms with van der Waals surface area (Å²) in [7, 11) is 0. The third-order valence-electron chi connectivity index (χ3n) is 2.60. The minimum Gasteiger partial charge on any atom is -0.295 e. The number of hydrogen-bond donors (Lipinski definition) is 0. The standard InChI is InChI=1S/C11H10ClN3/c12-11-14-13-10(15(11)9-6-7-9)8-4-2-1-3-5-8/h1-5,9H,6-7H2. The number of aromatic nitrogens is 3. The summed E-state index contributed by atoms with van der Waals surface area (Å²) in [4.78, 5) is 0. The van der Waals surface area contributed by atoms with Gasteiger partial charge < -0.3 is 0 Å². The Balaban J connectivity index is 2.12. The maximum absolute atomic E-state index is 6.02. The van der Waals surface area contributed by atoms with Crippen LogP contribution < -0.4 is 0 Å². The molecule has 0 unspecified atom stereocenters. The Morgan fingerprint density at radius 3 is 2.53 bits per heavy atom. The van der Waals surface area contributed by atoms with Gasteiger partial charge in [0.15, 0.2) is 5.82 Å². The zero-order valence-electron chi connectivity index (χ0n) is 8.10. The Morgan fingerprint density at radius 1 is 1.13 bits per heavy atom. The molecule has 0 amide bonds. The smallest absolute Gasteiger partial charge is 0.225 e. The van der Waals surface area contributed by atoms with E-state index in [0.717, 1.165) is 11.4 Å². The second-order valence-electron chi connectivity index (χ2n) is 3.76. The molecular weight excluding hydrogens is 210 g/mol. The summed E-state index contributed by atoms with van der Waals surface area (Å²) in [5.41, 5.74) is 1.07. The molecule has 3 nitrogen and oxygen atoms in total. The van der Waals surface area contributed by atoms with E-state index in [1.165, 1.54) is 12.8 Å². The molecule has 1 aliphatic carbocycles. The lowest BCUT2D eigenvalue weighted by atomic mass is 10.2. The Hall–Kier alpha value is -1.35. The van der Waals surface area contributed by atoms with Crippen LogP contribution in [-0.4, -0.2) is 14.8 Å². The molecule has 15 heavy (non-hydrogen) atoms. The summed E-state index contributed by atoms with van der Waals surface area (Å²) >= 11 is 6.02. The number of nitrogens with zero attached hydrogens (tertiary/aromatic N) is 3. The molecule has 1 aromatic carbocycles. The normalized spacial score (nSPS) is 15.5. The number of benzene rings is 1. The van der Waals surface area contributed by atoms with Crippen LogP contribution in [0.3, 0.4) is 0 Å². The van der Waals surface area contributed by atoms with Crippen LogP contribution in [0.4, 0.5) is 0 Å². The quantitative estimate of drug-likeness (QED) is 0.778. The predicted molar refractivity (Wildman–Crippen MR) is 58.7 cm³/mol. The molecule has 1 heterocycles. The van der Waals surface area contributed by atoms with Crippen LogP contribution in [0.2, 0.25) is 5.28 Å². The molecule has 0 radical (unpaired) electrons. The third-order valence-corrected chi connectivity index (χ3v) is 2.86. The van der Waals surface area contributed by atoms with Crippen molar-refractivity contribution in [3.05, 3.63) is 35.6 Å². The van der Waals surface area contributed by atoms with E-state index in [-0.39, 0.29) is 0 Å². The van der Waals surface area contributed by atoms with Crippen LogP contribution in [0, 0.1) is 0 Å². The summed E-state index contributed by atoms with van der Waals surface area (Å²) in [6.45, 7) is 0. The molecule has 0 spiro atoms. The van der Waals surface area contributed by atoms with Gasteiger partial charge in [-0.3, -0.25) is 4.57 Å². The van der Waals surface area contributed by atoms with Gasteiger partial charge in [0.2, 0.25) is 5.28 Å². The highest BCUT2D eigenvalue weighted by atomic mass is 35.5. The minimum absolute atomic E-state index is 0.497. The Bertz CT molecular complexity index is 474. The molecule has 1 fully saturated rings. The third kappa shape index (κ3) is 1.53. The molecule has 0 bridgehead atoms. The van der Waals surface area contributed by atoms with Crippen LogP contribution >= 0.6 is 11.6 Å². The molecule has 1 aromatic heterocycles. The lowest BCUT2D eigenvalue weighted by Gasteiger charge is -2.04. The van der Waals surface area contributed by atoms with Crippen molar-refractivity contribution >= 4 is 11.6 Å². The minimum atomic E-state index is 0.497. The Labute approximate surface area is 92.7 Å². The summed E-state index contributed by atoms with van der Waals surface area (Å²) in [6, 6.07) is 10.5. The van der Waals surface area contributed by atoms with E-state index in [0.29, 0.717) is 11.3 Å². The van der Waals surface area contributed by atoms with Crippen LogP contribution in [-0.2, 0) is 0 Å². The monoisotopic (exact) mass is 219 g/mol.